The molecule has 2 unspecified atom stereocenters. The van der Waals surface area contributed by atoms with Crippen molar-refractivity contribution in [2.24, 2.45) is 0 Å². The van der Waals surface area contributed by atoms with Crippen LogP contribution in [0.25, 0.3) is 0 Å². The topological polar surface area (TPSA) is 82.1 Å². The van der Waals surface area contributed by atoms with Gasteiger partial charge in [-0.3, -0.25) is 4.55 Å². The van der Waals surface area contributed by atoms with Crippen molar-refractivity contribution in [3.63, 3.8) is 0 Å². The van der Waals surface area contributed by atoms with E-state index >= 15 is 0 Å². The van der Waals surface area contributed by atoms with E-state index in [2.05, 4.69) is 6.92 Å². The summed E-state index contributed by atoms with van der Waals surface area (Å²) in [6.07, 6.45) is 4.54. The van der Waals surface area contributed by atoms with Gasteiger partial charge in [0.25, 0.3) is 10.1 Å². The molecule has 0 fully saturated rings. The van der Waals surface area contributed by atoms with E-state index in [0.717, 1.165) is 37.2 Å². The van der Waals surface area contributed by atoms with Gasteiger partial charge in [0.1, 0.15) is 6.61 Å². The van der Waals surface area contributed by atoms with Crippen LogP contribution in [0.1, 0.15) is 45.4 Å². The van der Waals surface area contributed by atoms with Gasteiger partial charge in [-0.05, 0) is 12.8 Å². The third kappa shape index (κ3) is 8.15. The molecule has 0 saturated carbocycles. The van der Waals surface area contributed by atoms with Crippen LogP contribution in [0.3, 0.4) is 0 Å². The Kier molecular flexibility index (Phi) is 10.9. The van der Waals surface area contributed by atoms with Crippen LogP contribution in [-0.2, 0) is 14.9 Å². The van der Waals surface area contributed by atoms with Gasteiger partial charge in [-0.1, -0.05) is 32.6 Å². The monoisotopic (exact) mass is 402 g/mol. The number of hydrogen-bond acceptors (Lipinski definition) is 6. The molecule has 0 aromatic carbocycles. The zero-order valence-corrected chi connectivity index (χ0v) is 15.6. The van der Waals surface area contributed by atoms with Crippen molar-refractivity contribution in [3.8, 4) is 11.5 Å². The Morgan fingerprint density at radius 2 is 2.04 bits per heavy atom. The van der Waals surface area contributed by atoms with E-state index in [0.29, 0.717) is 26.1 Å². The molecule has 2 rings (SSSR count). The molecule has 0 bridgehead atoms. The number of fused-ring (bicyclic) bond motifs is 1. The summed E-state index contributed by atoms with van der Waals surface area (Å²) in [6.45, 7) is 3.13. The molecule has 1 aliphatic heterocycles. The van der Waals surface area contributed by atoms with Crippen molar-refractivity contribution < 1.29 is 27.2 Å². The summed E-state index contributed by atoms with van der Waals surface area (Å²) in [5, 5.41) is 3.02. The first kappa shape index (κ1) is 23.2. The molecule has 2 heterocycles. The second-order valence-corrected chi connectivity index (χ2v) is 8.44. The molecule has 0 spiro atoms. The average molecular weight is 403 g/mol. The predicted octanol–water partition coefficient (Wildman–Crippen LogP) is 2.87. The van der Waals surface area contributed by atoms with Crippen molar-refractivity contribution in [2.75, 3.05) is 19.8 Å². The normalized spacial score (nSPS) is 17.8. The average Bonchev–Trinajstić information content (AvgIpc) is 2.99. The Morgan fingerprint density at radius 3 is 2.76 bits per heavy atom. The molecule has 9 heteroatoms. The van der Waals surface area contributed by atoms with Gasteiger partial charge >= 0.3 is 29.6 Å². The number of hydrogen-bond donors (Lipinski definition) is 1. The third-order valence-electron chi connectivity index (χ3n) is 4.00. The Hall–Kier alpha value is 0.170. The molecule has 1 N–H and O–H groups in total. The minimum atomic E-state index is -4.02. The summed E-state index contributed by atoms with van der Waals surface area (Å²) >= 11 is 1.52. The minimum absolute atomic E-state index is 0. The van der Waals surface area contributed by atoms with Gasteiger partial charge in [-0.25, -0.2) is 0 Å². The Bertz CT molecular complexity index is 589. The predicted molar refractivity (Wildman–Crippen MR) is 101 cm³/mol. The van der Waals surface area contributed by atoms with Crippen LogP contribution < -0.4 is 9.47 Å². The van der Waals surface area contributed by atoms with Gasteiger partial charge in [-0.15, -0.1) is 11.3 Å². The molecule has 1 aromatic heterocycles. The van der Waals surface area contributed by atoms with Gasteiger partial charge < -0.3 is 14.2 Å². The van der Waals surface area contributed by atoms with Gasteiger partial charge in [0.15, 0.2) is 17.6 Å². The summed E-state index contributed by atoms with van der Waals surface area (Å²) in [7, 11) is -4.02. The van der Waals surface area contributed by atoms with E-state index in [1.54, 1.807) is 0 Å². The van der Waals surface area contributed by atoms with E-state index < -0.39 is 15.4 Å². The second-order valence-electron chi connectivity index (χ2n) is 6.00. The van der Waals surface area contributed by atoms with Crippen molar-refractivity contribution in [2.45, 2.75) is 56.8 Å². The molecule has 2 atom stereocenters. The van der Waals surface area contributed by atoms with E-state index in [4.69, 9.17) is 14.2 Å². The fraction of sp³-hybridized carbons (Fsp3) is 0.750. The molecular formula is C16H27NaO6S2. The summed E-state index contributed by atoms with van der Waals surface area (Å²) in [6, 6.07) is 0. The number of thiophene rings is 1. The van der Waals surface area contributed by atoms with Crippen LogP contribution >= 0.6 is 11.3 Å². The third-order valence-corrected chi connectivity index (χ3v) is 6.01. The summed E-state index contributed by atoms with van der Waals surface area (Å²) in [5.41, 5.74) is 0. The molecule has 1 aliphatic rings. The first-order valence-corrected chi connectivity index (χ1v) is 10.8. The van der Waals surface area contributed by atoms with Crippen LogP contribution in [0.2, 0.25) is 0 Å². The fourth-order valence-corrected chi connectivity index (χ4v) is 4.14. The zero-order chi connectivity index (χ0) is 17.4. The molecule has 0 saturated heterocycles. The quantitative estimate of drug-likeness (QED) is 0.348. The number of ether oxygens (including phenoxy) is 3. The van der Waals surface area contributed by atoms with Crippen LogP contribution in [0.4, 0.5) is 0 Å². The van der Waals surface area contributed by atoms with Gasteiger partial charge in [0.2, 0.25) is 0 Å². The SMILES string of the molecule is CCCCCCC(CCOCC1COc2cscc2O1)S(=O)(=O)O.[NaH]. The molecular weight excluding hydrogens is 375 g/mol. The molecule has 6 nitrogen and oxygen atoms in total. The van der Waals surface area contributed by atoms with Crippen LogP contribution in [0.5, 0.6) is 11.5 Å². The van der Waals surface area contributed by atoms with Crippen LogP contribution in [0, 0.1) is 0 Å². The summed E-state index contributed by atoms with van der Waals surface area (Å²) < 4.78 is 49.1. The van der Waals surface area contributed by atoms with E-state index in [9.17, 15) is 13.0 Å². The first-order chi connectivity index (χ1) is 11.5. The summed E-state index contributed by atoms with van der Waals surface area (Å²) in [4.78, 5) is 0. The van der Waals surface area contributed by atoms with Crippen molar-refractivity contribution >= 4 is 51.0 Å². The Morgan fingerprint density at radius 1 is 1.28 bits per heavy atom. The molecule has 0 amide bonds. The van der Waals surface area contributed by atoms with Crippen LogP contribution in [-0.4, -0.2) is 73.7 Å². The summed E-state index contributed by atoms with van der Waals surface area (Å²) in [5.74, 6) is 1.49. The van der Waals surface area contributed by atoms with Crippen LogP contribution in [0.15, 0.2) is 10.8 Å². The number of rotatable bonds is 11. The number of unbranched alkanes of at least 4 members (excludes halogenated alkanes) is 3. The van der Waals surface area contributed by atoms with Gasteiger partial charge in [0, 0.05) is 17.4 Å². The van der Waals surface area contributed by atoms with E-state index in [1.165, 1.54) is 11.3 Å². The fourth-order valence-electron chi connectivity index (χ4n) is 2.61. The molecule has 1 aromatic rings. The van der Waals surface area contributed by atoms with E-state index in [-0.39, 0.29) is 42.3 Å². The second kappa shape index (κ2) is 11.8. The Labute approximate surface area is 176 Å². The van der Waals surface area contributed by atoms with E-state index in [1.807, 2.05) is 10.8 Å². The molecule has 25 heavy (non-hydrogen) atoms. The Balaban J connectivity index is 0.00000312. The van der Waals surface area contributed by atoms with Gasteiger partial charge in [0.05, 0.1) is 11.9 Å². The first-order valence-electron chi connectivity index (χ1n) is 8.40. The van der Waals surface area contributed by atoms with Crippen molar-refractivity contribution in [1.82, 2.24) is 0 Å². The maximum atomic E-state index is 11.5. The van der Waals surface area contributed by atoms with Crippen molar-refractivity contribution in [1.29, 1.82) is 0 Å². The molecule has 0 radical (unpaired) electrons. The maximum absolute atomic E-state index is 11.5. The standard InChI is InChI=1S/C16H26O6S2.Na.H/c1-2-3-4-5-6-14(24(17,18)19)7-8-20-9-13-10-21-15-11-23-12-16(15)22-13;;/h11-14H,2-10H2,1H3,(H,17,18,19);;. The van der Waals surface area contributed by atoms with Gasteiger partial charge in [-0.2, -0.15) is 8.42 Å². The van der Waals surface area contributed by atoms with Crippen molar-refractivity contribution in [3.05, 3.63) is 10.8 Å². The molecule has 0 aliphatic carbocycles. The molecule has 140 valence electrons. The zero-order valence-electron chi connectivity index (χ0n) is 14.0.